The summed E-state index contributed by atoms with van der Waals surface area (Å²) in [5, 5.41) is 14.9. The number of nitro groups is 1. The number of aliphatic imine (C=N–C) groups is 1. The summed E-state index contributed by atoms with van der Waals surface area (Å²) in [6.45, 7) is 0. The van der Waals surface area contributed by atoms with E-state index >= 15 is 0 Å². The standard InChI is InChI=1S/C23H12Cl2F3N3O4S/c24-14-3-5-15(6-4-14)29-22-30-21(32)20(36-22)10-12-1-7-18(16(25)9-12)35-19-8-2-13(23(26,27)28)11-17(19)31(33)34/h1-11H,(H,29,30,32)/b20-10-. The molecule has 1 aliphatic heterocycles. The van der Waals surface area contributed by atoms with Crippen molar-refractivity contribution in [1.82, 2.24) is 5.32 Å². The Labute approximate surface area is 215 Å². The van der Waals surface area contributed by atoms with Gasteiger partial charge < -0.3 is 10.1 Å². The number of rotatable bonds is 5. The van der Waals surface area contributed by atoms with Crippen molar-refractivity contribution in [2.24, 2.45) is 4.99 Å². The van der Waals surface area contributed by atoms with Crippen LogP contribution in [0.3, 0.4) is 0 Å². The molecule has 1 amide bonds. The van der Waals surface area contributed by atoms with Gasteiger partial charge in [-0.2, -0.15) is 13.2 Å². The van der Waals surface area contributed by atoms with Crippen molar-refractivity contribution < 1.29 is 27.6 Å². The van der Waals surface area contributed by atoms with E-state index in [0.29, 0.717) is 38.5 Å². The molecule has 1 saturated heterocycles. The smallest absolute Gasteiger partial charge is 0.416 e. The zero-order valence-corrected chi connectivity index (χ0v) is 20.0. The first kappa shape index (κ1) is 25.5. The average Bonchev–Trinajstić information content (AvgIpc) is 3.15. The van der Waals surface area contributed by atoms with Crippen LogP contribution in [0.2, 0.25) is 10.0 Å². The van der Waals surface area contributed by atoms with Crippen LogP contribution in [-0.2, 0) is 11.0 Å². The molecule has 7 nitrogen and oxygen atoms in total. The maximum absolute atomic E-state index is 12.9. The number of thioether (sulfide) groups is 1. The molecular formula is C23H12Cl2F3N3O4S. The first-order chi connectivity index (χ1) is 17.0. The lowest BCUT2D eigenvalue weighted by molar-refractivity contribution is -0.385. The summed E-state index contributed by atoms with van der Waals surface area (Å²) in [6, 6.07) is 13.0. The highest BCUT2D eigenvalue weighted by Gasteiger charge is 2.33. The van der Waals surface area contributed by atoms with Crippen LogP contribution in [0.4, 0.5) is 24.5 Å². The number of hydrogen-bond acceptors (Lipinski definition) is 6. The number of nitrogens with one attached hydrogen (secondary N) is 1. The van der Waals surface area contributed by atoms with Gasteiger partial charge in [0.25, 0.3) is 5.91 Å². The summed E-state index contributed by atoms with van der Waals surface area (Å²) >= 11 is 13.2. The van der Waals surface area contributed by atoms with Crippen LogP contribution in [0.5, 0.6) is 11.5 Å². The molecule has 13 heteroatoms. The molecule has 3 aromatic rings. The van der Waals surface area contributed by atoms with Crippen LogP contribution in [0.25, 0.3) is 6.08 Å². The zero-order chi connectivity index (χ0) is 26.0. The Hall–Kier alpha value is -3.54. The van der Waals surface area contributed by atoms with Crippen LogP contribution >= 0.6 is 35.0 Å². The lowest BCUT2D eigenvalue weighted by atomic mass is 10.1. The van der Waals surface area contributed by atoms with Crippen molar-refractivity contribution in [3.63, 3.8) is 0 Å². The summed E-state index contributed by atoms with van der Waals surface area (Å²) in [6.07, 6.45) is -3.19. The number of amides is 1. The third-order valence-electron chi connectivity index (χ3n) is 4.66. The van der Waals surface area contributed by atoms with Crippen molar-refractivity contribution in [3.8, 4) is 11.5 Å². The molecule has 4 rings (SSSR count). The molecule has 0 bridgehead atoms. The van der Waals surface area contributed by atoms with Gasteiger partial charge in [0, 0.05) is 11.1 Å². The Morgan fingerprint density at radius 3 is 2.36 bits per heavy atom. The molecule has 1 aliphatic rings. The molecule has 0 aromatic heterocycles. The number of amidine groups is 1. The van der Waals surface area contributed by atoms with Gasteiger partial charge in [-0.3, -0.25) is 14.9 Å². The fraction of sp³-hybridized carbons (Fsp3) is 0.0435. The van der Waals surface area contributed by atoms with Crippen LogP contribution in [0.15, 0.2) is 70.6 Å². The number of carbonyl (C=O) groups excluding carboxylic acids is 1. The van der Waals surface area contributed by atoms with Gasteiger partial charge in [0.1, 0.15) is 5.75 Å². The molecule has 1 heterocycles. The van der Waals surface area contributed by atoms with E-state index in [1.807, 2.05) is 0 Å². The average molecular weight is 554 g/mol. The largest absolute Gasteiger partial charge is 0.449 e. The van der Waals surface area contributed by atoms with Crippen molar-refractivity contribution in [1.29, 1.82) is 0 Å². The minimum Gasteiger partial charge on any atom is -0.449 e. The van der Waals surface area contributed by atoms with Crippen LogP contribution in [0.1, 0.15) is 11.1 Å². The van der Waals surface area contributed by atoms with Gasteiger partial charge in [-0.1, -0.05) is 29.3 Å². The zero-order valence-electron chi connectivity index (χ0n) is 17.7. The van der Waals surface area contributed by atoms with Crippen LogP contribution in [0, 0.1) is 10.1 Å². The normalized spacial score (nSPS) is 15.9. The van der Waals surface area contributed by atoms with Crippen molar-refractivity contribution in [2.75, 3.05) is 0 Å². The van der Waals surface area contributed by atoms with E-state index in [1.165, 1.54) is 18.2 Å². The van der Waals surface area contributed by atoms with Gasteiger partial charge in [-0.05, 0) is 71.9 Å². The van der Waals surface area contributed by atoms with Gasteiger partial charge >= 0.3 is 11.9 Å². The number of nitro benzene ring substituents is 1. The highest BCUT2D eigenvalue weighted by atomic mass is 35.5. The molecule has 36 heavy (non-hydrogen) atoms. The van der Waals surface area contributed by atoms with Crippen molar-refractivity contribution >= 4 is 63.5 Å². The first-order valence-electron chi connectivity index (χ1n) is 9.88. The minimum absolute atomic E-state index is 0.0183. The van der Waals surface area contributed by atoms with E-state index in [9.17, 15) is 28.1 Å². The third-order valence-corrected chi connectivity index (χ3v) is 6.12. The van der Waals surface area contributed by atoms with Gasteiger partial charge in [0.15, 0.2) is 5.17 Å². The van der Waals surface area contributed by atoms with E-state index in [0.717, 1.165) is 17.8 Å². The number of ether oxygens (including phenoxy) is 1. The molecule has 0 radical (unpaired) electrons. The summed E-state index contributed by atoms with van der Waals surface area (Å²) in [4.78, 5) is 27.3. The van der Waals surface area contributed by atoms with Crippen LogP contribution < -0.4 is 10.1 Å². The molecule has 0 spiro atoms. The SMILES string of the molecule is O=C1NC(=Nc2ccc(Cl)cc2)S/C1=C\c1ccc(Oc2ccc(C(F)(F)F)cc2[N+](=O)[O-])c(Cl)c1. The molecular weight excluding hydrogens is 542 g/mol. The monoisotopic (exact) mass is 553 g/mol. The molecule has 1 N–H and O–H groups in total. The minimum atomic E-state index is -4.75. The lowest BCUT2D eigenvalue weighted by Crippen LogP contribution is -2.19. The van der Waals surface area contributed by atoms with Crippen molar-refractivity contribution in [2.45, 2.75) is 6.18 Å². The molecule has 0 aliphatic carbocycles. The predicted molar refractivity (Wildman–Crippen MR) is 132 cm³/mol. The fourth-order valence-corrected chi connectivity index (χ4v) is 4.19. The van der Waals surface area contributed by atoms with Gasteiger partial charge in [-0.15, -0.1) is 0 Å². The Morgan fingerprint density at radius 1 is 1.03 bits per heavy atom. The second-order valence-corrected chi connectivity index (χ2v) is 9.06. The summed E-state index contributed by atoms with van der Waals surface area (Å²) in [5.74, 6) is -0.797. The summed E-state index contributed by atoms with van der Waals surface area (Å²) in [7, 11) is 0. The number of carbonyl (C=O) groups is 1. The van der Waals surface area contributed by atoms with E-state index in [4.69, 9.17) is 27.9 Å². The lowest BCUT2D eigenvalue weighted by Gasteiger charge is -2.11. The molecule has 1 fully saturated rings. The fourth-order valence-electron chi connectivity index (χ4n) is 3.00. The Balaban J connectivity index is 1.54. The Bertz CT molecular complexity index is 1430. The topological polar surface area (TPSA) is 93.8 Å². The van der Waals surface area contributed by atoms with E-state index in [1.54, 1.807) is 30.3 Å². The summed E-state index contributed by atoms with van der Waals surface area (Å²) in [5.41, 5.74) is -0.926. The highest BCUT2D eigenvalue weighted by Crippen LogP contribution is 2.40. The van der Waals surface area contributed by atoms with E-state index < -0.39 is 28.1 Å². The Kier molecular flexibility index (Phi) is 7.25. The van der Waals surface area contributed by atoms with Gasteiger partial charge in [0.05, 0.1) is 26.1 Å². The second kappa shape index (κ2) is 10.2. The number of benzene rings is 3. The number of alkyl halides is 3. The summed E-state index contributed by atoms with van der Waals surface area (Å²) < 4.78 is 44.2. The highest BCUT2D eigenvalue weighted by molar-refractivity contribution is 8.18. The predicted octanol–water partition coefficient (Wildman–Crippen LogP) is 7.60. The number of nitrogens with zero attached hydrogens (tertiary/aromatic N) is 2. The third kappa shape index (κ3) is 5.99. The van der Waals surface area contributed by atoms with Crippen LogP contribution in [-0.4, -0.2) is 16.0 Å². The number of hydrogen-bond donors (Lipinski definition) is 1. The number of halogens is 5. The van der Waals surface area contributed by atoms with Gasteiger partial charge in [-0.25, -0.2) is 4.99 Å². The van der Waals surface area contributed by atoms with Gasteiger partial charge in [0.2, 0.25) is 5.75 Å². The molecule has 0 saturated carbocycles. The maximum atomic E-state index is 12.9. The molecule has 0 atom stereocenters. The van der Waals surface area contributed by atoms with Crippen molar-refractivity contribution in [3.05, 3.63) is 96.9 Å². The second-order valence-electron chi connectivity index (χ2n) is 7.19. The molecule has 3 aromatic carbocycles. The first-order valence-corrected chi connectivity index (χ1v) is 11.4. The van der Waals surface area contributed by atoms with E-state index in [-0.39, 0.29) is 16.7 Å². The Morgan fingerprint density at radius 2 is 1.72 bits per heavy atom. The quantitative estimate of drug-likeness (QED) is 0.199. The van der Waals surface area contributed by atoms with E-state index in [2.05, 4.69) is 10.3 Å². The maximum Gasteiger partial charge on any atom is 0.416 e. The molecule has 0 unspecified atom stereocenters. The molecule has 184 valence electrons.